The quantitative estimate of drug-likeness (QED) is 0.664. The summed E-state index contributed by atoms with van der Waals surface area (Å²) in [5.41, 5.74) is 0.885. The van der Waals surface area contributed by atoms with Crippen molar-refractivity contribution in [2.75, 3.05) is 19.6 Å². The predicted octanol–water partition coefficient (Wildman–Crippen LogP) is 2.07. The molecule has 2 aromatic rings. The molecule has 0 aliphatic carbocycles. The second-order valence-electron chi connectivity index (χ2n) is 6.03. The van der Waals surface area contributed by atoms with E-state index < -0.39 is 6.04 Å². The number of tetrazole rings is 1. The van der Waals surface area contributed by atoms with Crippen LogP contribution in [0.15, 0.2) is 30.3 Å². The Hall–Kier alpha value is -1.99. The van der Waals surface area contributed by atoms with Gasteiger partial charge >= 0.3 is 0 Å². The number of amides is 1. The maximum absolute atomic E-state index is 12.5. The number of nitrogens with zero attached hydrogens (tertiary/aromatic N) is 4. The van der Waals surface area contributed by atoms with Crippen LogP contribution < -0.4 is 10.6 Å². The number of carbonyl (C=O) groups is 1. The van der Waals surface area contributed by atoms with Gasteiger partial charge in [0.2, 0.25) is 11.7 Å². The van der Waals surface area contributed by atoms with Crippen LogP contribution in [-0.4, -0.2) is 45.7 Å². The Balaban J connectivity index is 0.00000312. The first-order chi connectivity index (χ1) is 11.6. The standard InChI is InChI=1S/C17H26N6O.ClH/c1-4-10-18-11-12-19-17(24)15(13(2)3)23-21-16(20-22-23)14-8-6-5-7-9-14;/h5-9,13,15,18H,4,10-12H2,1-3H3,(H,19,24);1H. The molecule has 8 heteroatoms. The van der Waals surface area contributed by atoms with E-state index in [-0.39, 0.29) is 24.2 Å². The van der Waals surface area contributed by atoms with Gasteiger partial charge in [0.15, 0.2) is 6.04 Å². The Morgan fingerprint density at radius 2 is 1.88 bits per heavy atom. The van der Waals surface area contributed by atoms with Crippen LogP contribution in [0, 0.1) is 5.92 Å². The van der Waals surface area contributed by atoms with Crippen molar-refractivity contribution in [3.05, 3.63) is 30.3 Å². The van der Waals surface area contributed by atoms with Crippen molar-refractivity contribution >= 4 is 18.3 Å². The fourth-order valence-corrected chi connectivity index (χ4v) is 2.40. The van der Waals surface area contributed by atoms with Crippen molar-refractivity contribution in [2.24, 2.45) is 5.92 Å². The molecule has 1 unspecified atom stereocenters. The van der Waals surface area contributed by atoms with Gasteiger partial charge in [0, 0.05) is 18.7 Å². The van der Waals surface area contributed by atoms with Crippen molar-refractivity contribution in [2.45, 2.75) is 33.2 Å². The minimum Gasteiger partial charge on any atom is -0.353 e. The van der Waals surface area contributed by atoms with Crippen molar-refractivity contribution in [3.8, 4) is 11.4 Å². The smallest absolute Gasteiger partial charge is 0.247 e. The molecule has 0 bridgehead atoms. The lowest BCUT2D eigenvalue weighted by Gasteiger charge is -2.18. The van der Waals surface area contributed by atoms with Crippen molar-refractivity contribution in [1.82, 2.24) is 30.8 Å². The van der Waals surface area contributed by atoms with Gasteiger partial charge < -0.3 is 10.6 Å². The van der Waals surface area contributed by atoms with Crippen LogP contribution in [0.2, 0.25) is 0 Å². The Labute approximate surface area is 155 Å². The zero-order valence-electron chi connectivity index (χ0n) is 15.0. The molecule has 2 rings (SSSR count). The molecule has 0 saturated heterocycles. The number of carbonyl (C=O) groups excluding carboxylic acids is 1. The zero-order chi connectivity index (χ0) is 17.4. The first-order valence-corrected chi connectivity index (χ1v) is 8.46. The number of hydrogen-bond acceptors (Lipinski definition) is 5. The summed E-state index contributed by atoms with van der Waals surface area (Å²) in [6.07, 6.45) is 1.08. The van der Waals surface area contributed by atoms with Crippen LogP contribution in [0.1, 0.15) is 33.2 Å². The highest BCUT2D eigenvalue weighted by atomic mass is 35.5. The van der Waals surface area contributed by atoms with Gasteiger partial charge in [-0.1, -0.05) is 51.1 Å². The van der Waals surface area contributed by atoms with E-state index in [9.17, 15) is 4.79 Å². The molecule has 1 heterocycles. The largest absolute Gasteiger partial charge is 0.353 e. The molecule has 2 N–H and O–H groups in total. The second-order valence-corrected chi connectivity index (χ2v) is 6.03. The average molecular weight is 367 g/mol. The van der Waals surface area contributed by atoms with E-state index in [4.69, 9.17) is 0 Å². The summed E-state index contributed by atoms with van der Waals surface area (Å²) in [7, 11) is 0. The molecular formula is C17H27ClN6O. The van der Waals surface area contributed by atoms with E-state index in [0.29, 0.717) is 12.4 Å². The number of halogens is 1. The minimum absolute atomic E-state index is 0. The van der Waals surface area contributed by atoms with Crippen LogP contribution in [0.3, 0.4) is 0 Å². The summed E-state index contributed by atoms with van der Waals surface area (Å²) < 4.78 is 0. The van der Waals surface area contributed by atoms with Crippen LogP contribution in [0.4, 0.5) is 0 Å². The fraction of sp³-hybridized carbons (Fsp3) is 0.529. The van der Waals surface area contributed by atoms with E-state index >= 15 is 0 Å². The van der Waals surface area contributed by atoms with Gasteiger partial charge in [0.05, 0.1) is 0 Å². The monoisotopic (exact) mass is 366 g/mol. The number of nitrogens with one attached hydrogen (secondary N) is 2. The molecule has 1 atom stereocenters. The number of aromatic nitrogens is 4. The van der Waals surface area contributed by atoms with E-state index in [1.54, 1.807) is 0 Å². The first-order valence-electron chi connectivity index (χ1n) is 8.46. The number of benzene rings is 1. The van der Waals surface area contributed by atoms with E-state index in [2.05, 4.69) is 33.0 Å². The highest BCUT2D eigenvalue weighted by molar-refractivity contribution is 5.85. The highest BCUT2D eigenvalue weighted by Gasteiger charge is 2.26. The summed E-state index contributed by atoms with van der Waals surface area (Å²) in [4.78, 5) is 13.9. The lowest BCUT2D eigenvalue weighted by molar-refractivity contribution is -0.126. The normalized spacial score (nSPS) is 11.8. The lowest BCUT2D eigenvalue weighted by atomic mass is 10.0. The lowest BCUT2D eigenvalue weighted by Crippen LogP contribution is -2.39. The molecule has 25 heavy (non-hydrogen) atoms. The van der Waals surface area contributed by atoms with Gasteiger partial charge in [0.25, 0.3) is 0 Å². The van der Waals surface area contributed by atoms with Gasteiger partial charge in [0.1, 0.15) is 0 Å². The zero-order valence-corrected chi connectivity index (χ0v) is 15.8. The topological polar surface area (TPSA) is 84.7 Å². The maximum Gasteiger partial charge on any atom is 0.247 e. The predicted molar refractivity (Wildman–Crippen MR) is 101 cm³/mol. The minimum atomic E-state index is -0.471. The summed E-state index contributed by atoms with van der Waals surface area (Å²) in [5, 5.41) is 18.8. The molecule has 0 aliphatic rings. The third-order valence-corrected chi connectivity index (χ3v) is 3.64. The van der Waals surface area contributed by atoms with Gasteiger partial charge in [-0.15, -0.1) is 22.6 Å². The Kier molecular flexibility index (Phi) is 9.08. The molecule has 0 aliphatic heterocycles. The van der Waals surface area contributed by atoms with Crippen LogP contribution in [-0.2, 0) is 4.79 Å². The maximum atomic E-state index is 12.5. The molecule has 1 aromatic heterocycles. The highest BCUT2D eigenvalue weighted by Crippen LogP contribution is 2.18. The SMILES string of the molecule is CCCNCCNC(=O)C(C(C)C)n1nnc(-c2ccccc2)n1.Cl. The van der Waals surface area contributed by atoms with Crippen LogP contribution in [0.5, 0.6) is 0 Å². The molecule has 0 radical (unpaired) electrons. The van der Waals surface area contributed by atoms with Crippen LogP contribution >= 0.6 is 12.4 Å². The Bertz CT molecular complexity index is 631. The van der Waals surface area contributed by atoms with E-state index in [0.717, 1.165) is 25.1 Å². The first kappa shape index (κ1) is 21.1. The number of hydrogen-bond donors (Lipinski definition) is 2. The summed E-state index contributed by atoms with van der Waals surface area (Å²) in [6.45, 7) is 8.36. The van der Waals surface area contributed by atoms with Gasteiger partial charge in [-0.2, -0.15) is 4.80 Å². The summed E-state index contributed by atoms with van der Waals surface area (Å²) >= 11 is 0. The molecule has 0 spiro atoms. The Morgan fingerprint density at radius 3 is 2.52 bits per heavy atom. The molecule has 1 aromatic carbocycles. The average Bonchev–Trinajstić information content (AvgIpc) is 3.05. The second kappa shape index (κ2) is 10.8. The molecule has 138 valence electrons. The van der Waals surface area contributed by atoms with Crippen molar-refractivity contribution in [3.63, 3.8) is 0 Å². The van der Waals surface area contributed by atoms with Crippen molar-refractivity contribution in [1.29, 1.82) is 0 Å². The molecule has 0 saturated carbocycles. The van der Waals surface area contributed by atoms with Gasteiger partial charge in [-0.25, -0.2) is 0 Å². The fourth-order valence-electron chi connectivity index (χ4n) is 2.40. The molecule has 0 fully saturated rings. The third-order valence-electron chi connectivity index (χ3n) is 3.64. The molecule has 7 nitrogen and oxygen atoms in total. The number of rotatable bonds is 9. The molecular weight excluding hydrogens is 340 g/mol. The Morgan fingerprint density at radius 1 is 1.16 bits per heavy atom. The van der Waals surface area contributed by atoms with Crippen molar-refractivity contribution < 1.29 is 4.79 Å². The van der Waals surface area contributed by atoms with Gasteiger partial charge in [-0.05, 0) is 24.1 Å². The summed E-state index contributed by atoms with van der Waals surface area (Å²) in [6, 6.07) is 9.15. The van der Waals surface area contributed by atoms with E-state index in [1.165, 1.54) is 4.80 Å². The van der Waals surface area contributed by atoms with Crippen LogP contribution in [0.25, 0.3) is 11.4 Å². The van der Waals surface area contributed by atoms with E-state index in [1.807, 2.05) is 44.2 Å². The third kappa shape index (κ3) is 6.10. The summed E-state index contributed by atoms with van der Waals surface area (Å²) in [5.74, 6) is 0.505. The molecule has 1 amide bonds. The van der Waals surface area contributed by atoms with Gasteiger partial charge in [-0.3, -0.25) is 4.79 Å².